The molecule has 0 saturated carbocycles. The number of nitrogens with one attached hydrogen (secondary N) is 3. The monoisotopic (exact) mass is 398 g/mol. The van der Waals surface area contributed by atoms with Crippen molar-refractivity contribution < 1.29 is 23.0 Å². The van der Waals surface area contributed by atoms with E-state index < -0.39 is 18.1 Å². The fourth-order valence-corrected chi connectivity index (χ4v) is 2.36. The number of aromatic nitrogens is 2. The van der Waals surface area contributed by atoms with Gasteiger partial charge in [-0.3, -0.25) is 14.6 Å². The highest BCUT2D eigenvalue weighted by molar-refractivity contribution is 7.71. The van der Waals surface area contributed by atoms with Gasteiger partial charge in [-0.1, -0.05) is 0 Å². The summed E-state index contributed by atoms with van der Waals surface area (Å²) in [5.74, 6) is -0.488. The predicted molar refractivity (Wildman–Crippen MR) is 95.9 cm³/mol. The molecule has 0 unspecified atom stereocenters. The van der Waals surface area contributed by atoms with Gasteiger partial charge < -0.3 is 14.5 Å². The smallest absolute Gasteiger partial charge is 0.387 e. The van der Waals surface area contributed by atoms with E-state index in [1.165, 1.54) is 31.4 Å². The predicted octanol–water partition coefficient (Wildman–Crippen LogP) is 2.13. The number of carbonyl (C=O) groups is 1. The zero-order chi connectivity index (χ0) is 20.0. The van der Waals surface area contributed by atoms with Crippen LogP contribution in [0.5, 0.6) is 11.5 Å². The molecule has 0 aliphatic carbocycles. The van der Waals surface area contributed by atoms with Crippen molar-refractivity contribution in [2.24, 2.45) is 5.10 Å². The van der Waals surface area contributed by atoms with Crippen LogP contribution in [-0.2, 0) is 11.2 Å². The Kier molecular flexibility index (Phi) is 6.77. The molecule has 144 valence electrons. The molecule has 11 heteroatoms. The second-order valence-electron chi connectivity index (χ2n) is 5.27. The number of nitrogens with zero attached hydrogens (tertiary/aromatic N) is 1. The quantitative estimate of drug-likeness (QED) is 0.376. The number of ether oxygens (including phenoxy) is 2. The molecule has 1 aromatic carbocycles. The van der Waals surface area contributed by atoms with Crippen molar-refractivity contribution in [1.82, 2.24) is 15.4 Å². The van der Waals surface area contributed by atoms with E-state index in [1.807, 2.05) is 0 Å². The van der Waals surface area contributed by atoms with Gasteiger partial charge >= 0.3 is 6.61 Å². The lowest BCUT2D eigenvalue weighted by molar-refractivity contribution is -0.120. The Morgan fingerprint density at radius 1 is 1.30 bits per heavy atom. The van der Waals surface area contributed by atoms with Crippen LogP contribution in [0.25, 0.3) is 0 Å². The Bertz CT molecular complexity index is 943. The molecule has 0 aliphatic heterocycles. The van der Waals surface area contributed by atoms with Gasteiger partial charge in [-0.15, -0.1) is 0 Å². The van der Waals surface area contributed by atoms with Crippen LogP contribution in [0, 0.1) is 4.77 Å². The molecular weight excluding hydrogens is 382 g/mol. The highest BCUT2D eigenvalue weighted by Gasteiger charge is 2.12. The summed E-state index contributed by atoms with van der Waals surface area (Å²) in [7, 11) is 1.32. The molecule has 27 heavy (non-hydrogen) atoms. The SMILES string of the molecule is COc1cc(/C(C)=N\NC(=O)Cc2cc(=O)[nH]c(=S)[nH]2)ccc1OC(F)F. The van der Waals surface area contributed by atoms with Crippen LogP contribution in [0.15, 0.2) is 34.2 Å². The number of benzene rings is 1. The van der Waals surface area contributed by atoms with Gasteiger partial charge in [0.1, 0.15) is 0 Å². The largest absolute Gasteiger partial charge is 0.493 e. The molecule has 0 radical (unpaired) electrons. The Morgan fingerprint density at radius 2 is 2.04 bits per heavy atom. The first-order valence-corrected chi connectivity index (χ1v) is 7.98. The van der Waals surface area contributed by atoms with E-state index in [0.717, 1.165) is 0 Å². The van der Waals surface area contributed by atoms with Crippen molar-refractivity contribution in [3.63, 3.8) is 0 Å². The van der Waals surface area contributed by atoms with Gasteiger partial charge in [-0.05, 0) is 37.3 Å². The van der Waals surface area contributed by atoms with E-state index in [-0.39, 0.29) is 22.7 Å². The minimum atomic E-state index is -2.98. The first kappa shape index (κ1) is 20.2. The summed E-state index contributed by atoms with van der Waals surface area (Å²) in [6.07, 6.45) is -0.130. The number of halogens is 2. The highest BCUT2D eigenvalue weighted by Crippen LogP contribution is 2.29. The van der Waals surface area contributed by atoms with E-state index in [1.54, 1.807) is 6.92 Å². The summed E-state index contributed by atoms with van der Waals surface area (Å²) in [5, 5.41) is 3.95. The van der Waals surface area contributed by atoms with Crippen LogP contribution < -0.4 is 20.5 Å². The number of alkyl halides is 2. The Balaban J connectivity index is 2.09. The maximum Gasteiger partial charge on any atom is 0.387 e. The topological polar surface area (TPSA) is 109 Å². The lowest BCUT2D eigenvalue weighted by Gasteiger charge is -2.11. The molecule has 2 aromatic rings. The third-order valence-corrected chi connectivity index (χ3v) is 3.52. The van der Waals surface area contributed by atoms with Crippen molar-refractivity contribution in [2.75, 3.05) is 7.11 Å². The number of methoxy groups -OCH3 is 1. The molecule has 2 rings (SSSR count). The summed E-state index contributed by atoms with van der Waals surface area (Å²) in [6, 6.07) is 5.49. The molecule has 0 aliphatic rings. The molecule has 3 N–H and O–H groups in total. The van der Waals surface area contributed by atoms with Gasteiger partial charge in [-0.25, -0.2) is 5.43 Å². The number of carbonyl (C=O) groups excluding carboxylic acids is 1. The number of hydrogen-bond donors (Lipinski definition) is 3. The van der Waals surface area contributed by atoms with Crippen LogP contribution in [0.2, 0.25) is 0 Å². The Labute approximate surface area is 157 Å². The normalized spacial score (nSPS) is 11.4. The van der Waals surface area contributed by atoms with Crippen molar-refractivity contribution >= 4 is 23.8 Å². The fraction of sp³-hybridized carbons (Fsp3) is 0.250. The third kappa shape index (κ3) is 5.99. The molecule has 0 fully saturated rings. The summed E-state index contributed by atoms with van der Waals surface area (Å²) < 4.78 is 34.2. The van der Waals surface area contributed by atoms with E-state index in [0.29, 0.717) is 17.0 Å². The molecular formula is C16H16F2N4O4S. The Hall–Kier alpha value is -3.08. The van der Waals surface area contributed by atoms with E-state index in [4.69, 9.17) is 17.0 Å². The van der Waals surface area contributed by atoms with Gasteiger partial charge in [0.25, 0.3) is 5.56 Å². The first-order valence-electron chi connectivity index (χ1n) is 7.57. The molecule has 0 spiro atoms. The van der Waals surface area contributed by atoms with Crippen LogP contribution in [0.4, 0.5) is 8.78 Å². The number of rotatable bonds is 7. The van der Waals surface area contributed by atoms with Crippen molar-refractivity contribution in [2.45, 2.75) is 20.0 Å². The first-order chi connectivity index (χ1) is 12.8. The number of hydrazone groups is 1. The standard InChI is InChI=1S/C16H16F2N4O4S/c1-8(9-3-4-11(26-15(17)18)12(5-9)25-2)21-22-14(24)7-10-6-13(23)20-16(27)19-10/h3-6,15H,7H2,1-2H3,(H,22,24)(H2,19,20,23,27)/b21-8-. The van der Waals surface area contributed by atoms with Crippen LogP contribution in [-0.4, -0.2) is 35.3 Å². The maximum atomic E-state index is 12.4. The van der Waals surface area contributed by atoms with Gasteiger partial charge in [0.05, 0.1) is 19.2 Å². The molecule has 1 aromatic heterocycles. The average molecular weight is 398 g/mol. The minimum absolute atomic E-state index is 0.102. The number of hydrogen-bond acceptors (Lipinski definition) is 6. The Morgan fingerprint density at radius 3 is 2.67 bits per heavy atom. The molecule has 0 bridgehead atoms. The summed E-state index contributed by atoms with van der Waals surface area (Å²) >= 11 is 4.83. The lowest BCUT2D eigenvalue weighted by atomic mass is 10.1. The summed E-state index contributed by atoms with van der Waals surface area (Å²) in [4.78, 5) is 28.3. The average Bonchev–Trinajstić information content (AvgIpc) is 2.58. The molecule has 8 nitrogen and oxygen atoms in total. The summed E-state index contributed by atoms with van der Waals surface area (Å²) in [5.41, 5.74) is 3.20. The second kappa shape index (κ2) is 9.03. The van der Waals surface area contributed by atoms with Crippen molar-refractivity contribution in [1.29, 1.82) is 0 Å². The van der Waals surface area contributed by atoms with Crippen molar-refractivity contribution in [3.05, 3.63) is 50.6 Å². The van der Waals surface area contributed by atoms with Gasteiger partial charge in [0, 0.05) is 17.3 Å². The van der Waals surface area contributed by atoms with Crippen LogP contribution in [0.1, 0.15) is 18.2 Å². The molecule has 0 saturated heterocycles. The fourth-order valence-electron chi connectivity index (χ4n) is 2.12. The molecule has 1 heterocycles. The minimum Gasteiger partial charge on any atom is -0.493 e. The van der Waals surface area contributed by atoms with E-state index in [9.17, 15) is 18.4 Å². The number of aromatic amines is 2. The lowest BCUT2D eigenvalue weighted by Crippen LogP contribution is -2.23. The number of H-pyrrole nitrogens is 2. The van der Waals surface area contributed by atoms with Crippen LogP contribution >= 0.6 is 12.2 Å². The zero-order valence-electron chi connectivity index (χ0n) is 14.3. The molecule has 1 amide bonds. The third-order valence-electron chi connectivity index (χ3n) is 3.31. The summed E-state index contributed by atoms with van der Waals surface area (Å²) in [6.45, 7) is -1.36. The second-order valence-corrected chi connectivity index (χ2v) is 5.67. The van der Waals surface area contributed by atoms with Crippen molar-refractivity contribution in [3.8, 4) is 11.5 Å². The van der Waals surface area contributed by atoms with Crippen LogP contribution in [0.3, 0.4) is 0 Å². The zero-order valence-corrected chi connectivity index (χ0v) is 15.2. The maximum absolute atomic E-state index is 12.4. The van der Waals surface area contributed by atoms with E-state index in [2.05, 4.69) is 25.2 Å². The molecule has 0 atom stereocenters. The van der Waals surface area contributed by atoms with Gasteiger partial charge in [0.15, 0.2) is 16.3 Å². The number of amides is 1. The van der Waals surface area contributed by atoms with E-state index >= 15 is 0 Å². The van der Waals surface area contributed by atoms with Gasteiger partial charge in [-0.2, -0.15) is 13.9 Å². The highest BCUT2D eigenvalue weighted by atomic mass is 32.1. The van der Waals surface area contributed by atoms with Gasteiger partial charge in [0.2, 0.25) is 5.91 Å².